The second kappa shape index (κ2) is 3.98. The summed E-state index contributed by atoms with van der Waals surface area (Å²) in [7, 11) is 0. The van der Waals surface area contributed by atoms with Gasteiger partial charge in [0.2, 0.25) is 5.28 Å². The predicted molar refractivity (Wildman–Crippen MR) is 66.2 cm³/mol. The van der Waals surface area contributed by atoms with E-state index in [1.807, 2.05) is 12.1 Å². The minimum atomic E-state index is 0.364. The number of nitrogens with zero attached hydrogens (tertiary/aromatic N) is 4. The van der Waals surface area contributed by atoms with Crippen molar-refractivity contribution in [2.24, 2.45) is 0 Å². The lowest BCUT2D eigenvalue weighted by Crippen LogP contribution is -1.93. The summed E-state index contributed by atoms with van der Waals surface area (Å²) in [6.45, 7) is 0. The number of hydrogen-bond acceptors (Lipinski definition) is 3. The molecule has 0 saturated heterocycles. The average molecular weight is 265 g/mol. The minimum absolute atomic E-state index is 0.364. The van der Waals surface area contributed by atoms with Gasteiger partial charge in [-0.15, -0.1) is 0 Å². The van der Waals surface area contributed by atoms with Crippen molar-refractivity contribution in [3.63, 3.8) is 0 Å². The molecule has 3 heterocycles. The van der Waals surface area contributed by atoms with Crippen molar-refractivity contribution in [1.82, 2.24) is 19.4 Å². The van der Waals surface area contributed by atoms with Gasteiger partial charge in [0.1, 0.15) is 10.8 Å². The molecule has 0 spiro atoms. The molecule has 0 bridgehead atoms. The molecule has 0 unspecified atom stereocenters. The Morgan fingerprint density at radius 1 is 1.06 bits per heavy atom. The Balaban J connectivity index is 2.23. The highest BCUT2D eigenvalue weighted by Crippen LogP contribution is 2.22. The number of fused-ring (bicyclic) bond motifs is 1. The highest BCUT2D eigenvalue weighted by atomic mass is 35.5. The maximum Gasteiger partial charge on any atom is 0.209 e. The summed E-state index contributed by atoms with van der Waals surface area (Å²) in [4.78, 5) is 12.4. The smallest absolute Gasteiger partial charge is 0.209 e. The fraction of sp³-hybridized carbons (Fsp3) is 0. The Kier molecular flexibility index (Phi) is 2.46. The molecule has 3 aromatic rings. The molecule has 0 amide bonds. The number of imidazole rings is 1. The van der Waals surface area contributed by atoms with E-state index in [1.54, 1.807) is 29.1 Å². The van der Waals surface area contributed by atoms with Crippen molar-refractivity contribution in [3.8, 4) is 11.3 Å². The van der Waals surface area contributed by atoms with Crippen LogP contribution < -0.4 is 0 Å². The van der Waals surface area contributed by atoms with Crippen molar-refractivity contribution in [2.75, 3.05) is 0 Å². The first-order valence-corrected chi connectivity index (χ1v) is 5.61. The molecule has 0 aromatic carbocycles. The molecule has 0 saturated carbocycles. The summed E-state index contributed by atoms with van der Waals surface area (Å²) < 4.78 is 1.70. The van der Waals surface area contributed by atoms with Crippen molar-refractivity contribution >= 4 is 28.8 Å². The molecule has 0 radical (unpaired) electrons. The first-order valence-electron chi connectivity index (χ1n) is 4.85. The molecule has 84 valence electrons. The molecular weight excluding hydrogens is 259 g/mol. The van der Waals surface area contributed by atoms with Gasteiger partial charge in [-0.3, -0.25) is 4.40 Å². The van der Waals surface area contributed by atoms with Crippen LogP contribution in [-0.2, 0) is 0 Å². The summed E-state index contributed by atoms with van der Waals surface area (Å²) in [5.41, 5.74) is 2.32. The normalized spacial score (nSPS) is 10.9. The number of rotatable bonds is 1. The summed E-state index contributed by atoms with van der Waals surface area (Å²) >= 11 is 11.9. The van der Waals surface area contributed by atoms with Crippen LogP contribution in [0.4, 0.5) is 0 Å². The van der Waals surface area contributed by atoms with Crippen LogP contribution in [-0.4, -0.2) is 19.4 Å². The summed E-state index contributed by atoms with van der Waals surface area (Å²) in [6.07, 6.45) is 5.06. The van der Waals surface area contributed by atoms with Crippen molar-refractivity contribution in [2.45, 2.75) is 0 Å². The van der Waals surface area contributed by atoms with Crippen LogP contribution in [0.15, 0.2) is 36.8 Å². The Hall–Kier alpha value is -1.65. The van der Waals surface area contributed by atoms with Gasteiger partial charge in [0.25, 0.3) is 0 Å². The topological polar surface area (TPSA) is 43.1 Å². The van der Waals surface area contributed by atoms with E-state index >= 15 is 0 Å². The third kappa shape index (κ3) is 1.85. The highest BCUT2D eigenvalue weighted by Gasteiger charge is 2.06. The monoisotopic (exact) mass is 264 g/mol. The molecule has 0 atom stereocenters. The molecule has 0 aliphatic carbocycles. The molecule has 6 heteroatoms. The van der Waals surface area contributed by atoms with Gasteiger partial charge in [0.15, 0.2) is 0 Å². The molecule has 0 aliphatic rings. The largest absolute Gasteiger partial charge is 0.274 e. The zero-order valence-corrected chi connectivity index (χ0v) is 10.0. The predicted octanol–water partition coefficient (Wildman–Crippen LogP) is 3.10. The van der Waals surface area contributed by atoms with Crippen LogP contribution in [0.3, 0.4) is 0 Å². The highest BCUT2D eigenvalue weighted by molar-refractivity contribution is 6.29. The maximum absolute atomic E-state index is 6.06. The summed E-state index contributed by atoms with van der Waals surface area (Å²) in [5.74, 6) is 0. The molecule has 0 aliphatic heterocycles. The number of pyridine rings is 1. The molecule has 4 nitrogen and oxygen atoms in total. The first kappa shape index (κ1) is 10.5. The standard InChI is InChI=1S/C11H6Cl2N4/c12-9-5-7(1-2-14-9)8-6-10-15-3-4-17(10)11(13)16-8/h1-6H. The lowest BCUT2D eigenvalue weighted by atomic mass is 10.2. The lowest BCUT2D eigenvalue weighted by Gasteiger charge is -2.03. The first-order chi connectivity index (χ1) is 8.24. The Labute approximate surface area is 107 Å². The van der Waals surface area contributed by atoms with Gasteiger partial charge in [0, 0.05) is 30.2 Å². The third-order valence-corrected chi connectivity index (χ3v) is 2.84. The maximum atomic E-state index is 6.06. The van der Waals surface area contributed by atoms with Crippen LogP contribution in [0.2, 0.25) is 10.4 Å². The number of hydrogen-bond donors (Lipinski definition) is 0. The van der Waals surface area contributed by atoms with Crippen molar-refractivity contribution in [1.29, 1.82) is 0 Å². The number of aromatic nitrogens is 4. The molecule has 3 rings (SSSR count). The molecule has 17 heavy (non-hydrogen) atoms. The summed E-state index contributed by atoms with van der Waals surface area (Å²) in [5, 5.41) is 0.784. The van der Waals surface area contributed by atoms with Crippen LogP contribution in [0, 0.1) is 0 Å². The Bertz CT molecular complexity index is 693. The molecular formula is C11H6Cl2N4. The fourth-order valence-corrected chi connectivity index (χ4v) is 2.00. The van der Waals surface area contributed by atoms with Crippen LogP contribution in [0.1, 0.15) is 0 Å². The van der Waals surface area contributed by atoms with E-state index in [1.165, 1.54) is 0 Å². The minimum Gasteiger partial charge on any atom is -0.274 e. The van der Waals surface area contributed by atoms with Gasteiger partial charge >= 0.3 is 0 Å². The van der Waals surface area contributed by atoms with E-state index < -0.39 is 0 Å². The zero-order valence-electron chi connectivity index (χ0n) is 8.51. The van der Waals surface area contributed by atoms with E-state index in [2.05, 4.69) is 15.0 Å². The van der Waals surface area contributed by atoms with Crippen LogP contribution >= 0.6 is 23.2 Å². The number of halogens is 2. The third-order valence-electron chi connectivity index (χ3n) is 2.37. The SMILES string of the molecule is Clc1cc(-c2cc3nccn3c(Cl)n2)ccn1. The van der Waals surface area contributed by atoms with E-state index in [4.69, 9.17) is 23.2 Å². The van der Waals surface area contributed by atoms with Crippen LogP contribution in [0.25, 0.3) is 16.9 Å². The lowest BCUT2D eigenvalue weighted by molar-refractivity contribution is 1.09. The van der Waals surface area contributed by atoms with Crippen molar-refractivity contribution in [3.05, 3.63) is 47.2 Å². The van der Waals surface area contributed by atoms with E-state index in [0.717, 1.165) is 16.9 Å². The van der Waals surface area contributed by atoms with Crippen LogP contribution in [0.5, 0.6) is 0 Å². The molecule has 0 N–H and O–H groups in total. The quantitative estimate of drug-likeness (QED) is 0.501. The van der Waals surface area contributed by atoms with E-state index in [0.29, 0.717) is 10.4 Å². The van der Waals surface area contributed by atoms with Gasteiger partial charge in [-0.25, -0.2) is 15.0 Å². The Morgan fingerprint density at radius 2 is 1.94 bits per heavy atom. The Morgan fingerprint density at radius 3 is 2.76 bits per heavy atom. The zero-order chi connectivity index (χ0) is 11.8. The van der Waals surface area contributed by atoms with E-state index in [-0.39, 0.29) is 0 Å². The van der Waals surface area contributed by atoms with Gasteiger partial charge in [-0.05, 0) is 23.7 Å². The van der Waals surface area contributed by atoms with Crippen molar-refractivity contribution < 1.29 is 0 Å². The molecule has 0 fully saturated rings. The van der Waals surface area contributed by atoms with Gasteiger partial charge < -0.3 is 0 Å². The molecule has 3 aromatic heterocycles. The second-order valence-corrected chi connectivity index (χ2v) is 4.16. The second-order valence-electron chi connectivity index (χ2n) is 3.43. The van der Waals surface area contributed by atoms with E-state index in [9.17, 15) is 0 Å². The van der Waals surface area contributed by atoms with Gasteiger partial charge in [-0.2, -0.15) is 0 Å². The average Bonchev–Trinajstić information content (AvgIpc) is 2.77. The van der Waals surface area contributed by atoms with Gasteiger partial charge in [0.05, 0.1) is 5.69 Å². The summed E-state index contributed by atoms with van der Waals surface area (Å²) in [6, 6.07) is 5.40. The van der Waals surface area contributed by atoms with Gasteiger partial charge in [-0.1, -0.05) is 11.6 Å². The fourth-order valence-electron chi connectivity index (χ4n) is 1.60.